The van der Waals surface area contributed by atoms with Crippen molar-refractivity contribution in [2.75, 3.05) is 12.4 Å². The fourth-order valence-electron chi connectivity index (χ4n) is 3.46. The number of carboxylic acids is 1. The first-order chi connectivity index (χ1) is 15.0. The minimum absolute atomic E-state index is 0.224. The predicted octanol–water partition coefficient (Wildman–Crippen LogP) is 6.81. The lowest BCUT2D eigenvalue weighted by molar-refractivity contribution is -0.139. The van der Waals surface area contributed by atoms with E-state index in [1.807, 2.05) is 37.3 Å². The van der Waals surface area contributed by atoms with Gasteiger partial charge in [-0.15, -0.1) is 23.1 Å². The van der Waals surface area contributed by atoms with Crippen LogP contribution in [0.25, 0.3) is 21.2 Å². The Balaban J connectivity index is 1.44. The Morgan fingerprint density at radius 3 is 2.68 bits per heavy atom. The highest BCUT2D eigenvalue weighted by molar-refractivity contribution is 7.99. The van der Waals surface area contributed by atoms with Crippen molar-refractivity contribution >= 4 is 39.2 Å². The second-order valence-corrected chi connectivity index (χ2v) is 9.21. The fourth-order valence-corrected chi connectivity index (χ4v) is 5.57. The van der Waals surface area contributed by atoms with E-state index < -0.39 is 5.97 Å². The highest BCUT2D eigenvalue weighted by Gasteiger charge is 2.10. The number of carbonyl (C=O) groups is 1. The second kappa shape index (κ2) is 9.54. The molecule has 0 unspecified atom stereocenters. The zero-order valence-corrected chi connectivity index (χ0v) is 18.6. The van der Waals surface area contributed by atoms with Crippen molar-refractivity contribution in [1.29, 1.82) is 0 Å². The third kappa shape index (κ3) is 5.09. The molecule has 0 bridgehead atoms. The van der Waals surface area contributed by atoms with Crippen molar-refractivity contribution in [2.45, 2.75) is 18.2 Å². The summed E-state index contributed by atoms with van der Waals surface area (Å²) in [5, 5.41) is 12.1. The van der Waals surface area contributed by atoms with Gasteiger partial charge in [-0.2, -0.15) is 0 Å². The Morgan fingerprint density at radius 1 is 1.13 bits per heavy atom. The van der Waals surface area contributed by atoms with Gasteiger partial charge in [0.05, 0.1) is 0 Å². The molecular weight excluding hydrogens is 431 g/mol. The number of hydrogen-bond acceptors (Lipinski definition) is 4. The standard InChI is InChI=1S/C25H21FO3S2/c1-16-13-20(9-10-23(16)29-14-24(27)28)30-12-11-18-3-2-4-21-22(15-31-25(18)21)17-5-7-19(26)8-6-17/h2-10,13,15H,11-12,14H2,1H3,(H,27,28). The summed E-state index contributed by atoms with van der Waals surface area (Å²) in [4.78, 5) is 11.8. The van der Waals surface area contributed by atoms with Gasteiger partial charge < -0.3 is 9.84 Å². The number of aryl methyl sites for hydroxylation is 2. The first-order valence-corrected chi connectivity index (χ1v) is 11.7. The number of thiophene rings is 1. The Hall–Kier alpha value is -2.83. The van der Waals surface area contributed by atoms with E-state index in [1.165, 1.54) is 27.8 Å². The minimum atomic E-state index is -0.983. The SMILES string of the molecule is Cc1cc(SCCc2cccc3c(-c4ccc(F)cc4)csc23)ccc1OCC(=O)O. The molecule has 4 rings (SSSR count). The molecule has 3 nitrogen and oxygen atoms in total. The molecule has 0 saturated carbocycles. The summed E-state index contributed by atoms with van der Waals surface area (Å²) in [5.41, 5.74) is 4.40. The first kappa shape index (κ1) is 21.4. The van der Waals surface area contributed by atoms with E-state index in [2.05, 4.69) is 23.6 Å². The van der Waals surface area contributed by atoms with Gasteiger partial charge in [-0.3, -0.25) is 0 Å². The molecule has 0 spiro atoms. The van der Waals surface area contributed by atoms with Crippen LogP contribution in [0.4, 0.5) is 4.39 Å². The molecule has 0 atom stereocenters. The summed E-state index contributed by atoms with van der Waals surface area (Å²) in [6.45, 7) is 1.59. The molecule has 0 aliphatic heterocycles. The van der Waals surface area contributed by atoms with Crippen LogP contribution in [0.2, 0.25) is 0 Å². The third-order valence-corrected chi connectivity index (χ3v) is 7.04. The molecule has 0 aliphatic rings. The Kier molecular flexibility index (Phi) is 6.59. The van der Waals surface area contributed by atoms with Crippen molar-refractivity contribution in [3.8, 4) is 16.9 Å². The first-order valence-electron chi connectivity index (χ1n) is 9.84. The Labute approximate surface area is 188 Å². The third-order valence-electron chi connectivity index (χ3n) is 4.97. The molecule has 1 aromatic heterocycles. The molecule has 158 valence electrons. The van der Waals surface area contributed by atoms with Gasteiger partial charge in [0.15, 0.2) is 6.61 Å². The smallest absolute Gasteiger partial charge is 0.341 e. The van der Waals surface area contributed by atoms with E-state index in [-0.39, 0.29) is 12.4 Å². The summed E-state index contributed by atoms with van der Waals surface area (Å²) in [6, 6.07) is 18.8. The molecule has 1 heterocycles. The van der Waals surface area contributed by atoms with Crippen LogP contribution in [0.15, 0.2) is 70.9 Å². The number of fused-ring (bicyclic) bond motifs is 1. The summed E-state index contributed by atoms with van der Waals surface area (Å²) in [6.07, 6.45) is 0.932. The van der Waals surface area contributed by atoms with E-state index in [9.17, 15) is 9.18 Å². The molecule has 0 amide bonds. The van der Waals surface area contributed by atoms with Crippen LogP contribution in [0.1, 0.15) is 11.1 Å². The molecular formula is C25H21FO3S2. The average molecular weight is 453 g/mol. The molecule has 0 fully saturated rings. The summed E-state index contributed by atoms with van der Waals surface area (Å²) in [5.74, 6) is 0.321. The van der Waals surface area contributed by atoms with Crippen molar-refractivity contribution in [3.05, 3.63) is 83.0 Å². The van der Waals surface area contributed by atoms with Gasteiger partial charge in [-0.25, -0.2) is 9.18 Å². The number of aliphatic carboxylic acids is 1. The number of ether oxygens (including phenoxy) is 1. The monoisotopic (exact) mass is 452 g/mol. The van der Waals surface area contributed by atoms with E-state index in [1.54, 1.807) is 23.1 Å². The normalized spacial score (nSPS) is 11.0. The molecule has 6 heteroatoms. The van der Waals surface area contributed by atoms with Crippen molar-refractivity contribution in [1.82, 2.24) is 0 Å². The van der Waals surface area contributed by atoms with Gasteiger partial charge in [-0.1, -0.05) is 30.3 Å². The Bertz CT molecular complexity index is 1220. The van der Waals surface area contributed by atoms with Gasteiger partial charge in [0, 0.05) is 26.3 Å². The van der Waals surface area contributed by atoms with Crippen LogP contribution in [-0.4, -0.2) is 23.4 Å². The summed E-state index contributed by atoms with van der Waals surface area (Å²) >= 11 is 3.50. The number of hydrogen-bond donors (Lipinski definition) is 1. The highest BCUT2D eigenvalue weighted by Crippen LogP contribution is 2.36. The van der Waals surface area contributed by atoms with Crippen molar-refractivity contribution in [2.24, 2.45) is 0 Å². The molecule has 4 aromatic rings. The van der Waals surface area contributed by atoms with Gasteiger partial charge in [-0.05, 0) is 65.7 Å². The van der Waals surface area contributed by atoms with Gasteiger partial charge in [0.2, 0.25) is 0 Å². The van der Waals surface area contributed by atoms with Crippen LogP contribution in [0.5, 0.6) is 5.75 Å². The number of halogens is 1. The number of thioether (sulfide) groups is 1. The van der Waals surface area contributed by atoms with Gasteiger partial charge in [0.1, 0.15) is 11.6 Å². The lowest BCUT2D eigenvalue weighted by atomic mass is 10.0. The fraction of sp³-hybridized carbons (Fsp3) is 0.160. The second-order valence-electron chi connectivity index (χ2n) is 7.16. The lowest BCUT2D eigenvalue weighted by Crippen LogP contribution is -2.10. The van der Waals surface area contributed by atoms with Crippen LogP contribution < -0.4 is 4.74 Å². The maximum atomic E-state index is 13.3. The van der Waals surface area contributed by atoms with Crippen LogP contribution in [0, 0.1) is 12.7 Å². The zero-order chi connectivity index (χ0) is 21.8. The largest absolute Gasteiger partial charge is 0.482 e. The van der Waals surface area contributed by atoms with Crippen LogP contribution in [0.3, 0.4) is 0 Å². The molecule has 0 radical (unpaired) electrons. The zero-order valence-electron chi connectivity index (χ0n) is 16.9. The number of benzene rings is 3. The van der Waals surface area contributed by atoms with Crippen molar-refractivity contribution in [3.63, 3.8) is 0 Å². The molecule has 1 N–H and O–H groups in total. The quantitative estimate of drug-likeness (QED) is 0.298. The maximum Gasteiger partial charge on any atom is 0.341 e. The van der Waals surface area contributed by atoms with Crippen molar-refractivity contribution < 1.29 is 19.0 Å². The summed E-state index contributed by atoms with van der Waals surface area (Å²) in [7, 11) is 0. The number of rotatable bonds is 8. The topological polar surface area (TPSA) is 46.5 Å². The lowest BCUT2D eigenvalue weighted by Gasteiger charge is -2.09. The highest BCUT2D eigenvalue weighted by atomic mass is 32.2. The van der Waals surface area contributed by atoms with E-state index in [0.717, 1.165) is 33.8 Å². The molecule has 31 heavy (non-hydrogen) atoms. The van der Waals surface area contributed by atoms with E-state index in [0.29, 0.717) is 5.75 Å². The molecule has 0 aliphatic carbocycles. The summed E-state index contributed by atoms with van der Waals surface area (Å²) < 4.78 is 19.8. The van der Waals surface area contributed by atoms with E-state index in [4.69, 9.17) is 9.84 Å². The molecule has 3 aromatic carbocycles. The maximum absolute atomic E-state index is 13.3. The number of carboxylic acid groups (broad SMARTS) is 1. The predicted molar refractivity (Wildman–Crippen MR) is 126 cm³/mol. The average Bonchev–Trinajstić information content (AvgIpc) is 3.19. The van der Waals surface area contributed by atoms with Gasteiger partial charge >= 0.3 is 5.97 Å². The van der Waals surface area contributed by atoms with Gasteiger partial charge in [0.25, 0.3) is 0 Å². The molecule has 0 saturated heterocycles. The van der Waals surface area contributed by atoms with Crippen LogP contribution >= 0.6 is 23.1 Å². The minimum Gasteiger partial charge on any atom is -0.482 e. The van der Waals surface area contributed by atoms with Crippen LogP contribution in [-0.2, 0) is 11.2 Å². The van der Waals surface area contributed by atoms with E-state index >= 15 is 0 Å². The Morgan fingerprint density at radius 2 is 1.94 bits per heavy atom.